The zero-order valence-electron chi connectivity index (χ0n) is 12.2. The topological polar surface area (TPSA) is 74.3 Å². The van der Waals surface area contributed by atoms with Gasteiger partial charge in [0, 0.05) is 12.5 Å². The molecule has 0 aliphatic heterocycles. The lowest BCUT2D eigenvalue weighted by molar-refractivity contribution is 0.505. The highest BCUT2D eigenvalue weighted by atomic mass is 15.6. The third kappa shape index (κ3) is 2.88. The second-order valence-electron chi connectivity index (χ2n) is 5.59. The molecule has 1 saturated carbocycles. The van der Waals surface area contributed by atoms with Crippen molar-refractivity contribution in [3.63, 3.8) is 0 Å². The second kappa shape index (κ2) is 5.67. The standard InChI is InChI=1S/C15H17N7/c1-2-4-12(5-3-1)8-9-21-14(10-22-17-11-16-20-22)18-15(19-21)13-6-7-13/h1-5,11,13H,6-10H2. The molecule has 0 spiro atoms. The van der Waals surface area contributed by atoms with Crippen molar-refractivity contribution in [1.29, 1.82) is 0 Å². The van der Waals surface area contributed by atoms with Gasteiger partial charge in [0.2, 0.25) is 0 Å². The Morgan fingerprint density at radius 1 is 1.14 bits per heavy atom. The lowest BCUT2D eigenvalue weighted by Crippen LogP contribution is -2.13. The lowest BCUT2D eigenvalue weighted by Gasteiger charge is -2.05. The normalized spacial score (nSPS) is 14.4. The summed E-state index contributed by atoms with van der Waals surface area (Å²) in [5.74, 6) is 2.40. The zero-order valence-corrected chi connectivity index (χ0v) is 12.2. The molecule has 1 aromatic carbocycles. The third-order valence-electron chi connectivity index (χ3n) is 3.84. The van der Waals surface area contributed by atoms with E-state index in [4.69, 9.17) is 0 Å². The third-order valence-corrected chi connectivity index (χ3v) is 3.84. The molecular formula is C15H17N7. The fraction of sp³-hybridized carbons (Fsp3) is 0.400. The molecule has 0 saturated heterocycles. The molecule has 3 aromatic rings. The molecule has 4 rings (SSSR count). The highest BCUT2D eigenvalue weighted by Gasteiger charge is 2.29. The summed E-state index contributed by atoms with van der Waals surface area (Å²) in [6.07, 6.45) is 4.77. The van der Waals surface area contributed by atoms with Gasteiger partial charge in [0.05, 0.1) is 0 Å². The van der Waals surface area contributed by atoms with Crippen molar-refractivity contribution in [2.45, 2.75) is 38.3 Å². The van der Waals surface area contributed by atoms with E-state index in [-0.39, 0.29) is 0 Å². The highest BCUT2D eigenvalue weighted by molar-refractivity contribution is 5.15. The Labute approximate surface area is 128 Å². The molecule has 1 aliphatic carbocycles. The number of aryl methyl sites for hydroxylation is 2. The van der Waals surface area contributed by atoms with Crippen molar-refractivity contribution in [2.24, 2.45) is 0 Å². The van der Waals surface area contributed by atoms with Gasteiger partial charge in [-0.05, 0) is 30.0 Å². The monoisotopic (exact) mass is 295 g/mol. The van der Waals surface area contributed by atoms with Gasteiger partial charge in [0.25, 0.3) is 0 Å². The number of hydrogen-bond donors (Lipinski definition) is 0. The van der Waals surface area contributed by atoms with E-state index in [1.165, 1.54) is 24.7 Å². The van der Waals surface area contributed by atoms with Gasteiger partial charge >= 0.3 is 0 Å². The molecule has 7 heteroatoms. The molecule has 1 aliphatic rings. The van der Waals surface area contributed by atoms with Gasteiger partial charge in [0.15, 0.2) is 18.0 Å². The van der Waals surface area contributed by atoms with E-state index in [2.05, 4.69) is 49.8 Å². The van der Waals surface area contributed by atoms with Crippen LogP contribution in [0.2, 0.25) is 0 Å². The number of benzene rings is 1. The SMILES string of the molecule is c1ccc(CCn2nc(C3CC3)nc2Cn2ncnn2)cc1. The summed E-state index contributed by atoms with van der Waals surface area (Å²) in [7, 11) is 0. The summed E-state index contributed by atoms with van der Waals surface area (Å²) < 4.78 is 1.99. The minimum absolute atomic E-state index is 0.508. The van der Waals surface area contributed by atoms with Crippen molar-refractivity contribution in [3.8, 4) is 0 Å². The predicted octanol–water partition coefficient (Wildman–Crippen LogP) is 1.43. The quantitative estimate of drug-likeness (QED) is 0.688. The summed E-state index contributed by atoms with van der Waals surface area (Å²) in [5.41, 5.74) is 1.30. The first-order chi connectivity index (χ1) is 10.9. The van der Waals surface area contributed by atoms with E-state index in [1.54, 1.807) is 4.80 Å². The molecule has 112 valence electrons. The number of aromatic nitrogens is 7. The van der Waals surface area contributed by atoms with Crippen molar-refractivity contribution in [2.75, 3.05) is 0 Å². The largest absolute Gasteiger partial charge is 0.248 e. The van der Waals surface area contributed by atoms with E-state index < -0.39 is 0 Å². The smallest absolute Gasteiger partial charge is 0.162 e. The van der Waals surface area contributed by atoms with E-state index in [9.17, 15) is 0 Å². The van der Waals surface area contributed by atoms with Gasteiger partial charge in [-0.2, -0.15) is 9.90 Å². The zero-order chi connectivity index (χ0) is 14.8. The molecule has 7 nitrogen and oxygen atoms in total. The van der Waals surface area contributed by atoms with Crippen LogP contribution in [0.4, 0.5) is 0 Å². The summed E-state index contributed by atoms with van der Waals surface area (Å²) in [5, 5.41) is 16.4. The summed E-state index contributed by atoms with van der Waals surface area (Å²) in [6.45, 7) is 1.32. The Balaban J connectivity index is 1.53. The highest BCUT2D eigenvalue weighted by Crippen LogP contribution is 2.38. The molecule has 22 heavy (non-hydrogen) atoms. The molecule has 0 atom stereocenters. The van der Waals surface area contributed by atoms with Crippen molar-refractivity contribution >= 4 is 0 Å². The van der Waals surface area contributed by atoms with E-state index >= 15 is 0 Å². The van der Waals surface area contributed by atoms with Crippen LogP contribution in [0.3, 0.4) is 0 Å². The molecule has 2 aromatic heterocycles. The second-order valence-corrected chi connectivity index (χ2v) is 5.59. The van der Waals surface area contributed by atoms with Gasteiger partial charge < -0.3 is 0 Å². The van der Waals surface area contributed by atoms with Crippen LogP contribution >= 0.6 is 0 Å². The molecule has 0 radical (unpaired) electrons. The maximum absolute atomic E-state index is 4.68. The first-order valence-electron chi connectivity index (χ1n) is 7.57. The Morgan fingerprint density at radius 3 is 2.73 bits per heavy atom. The van der Waals surface area contributed by atoms with Crippen molar-refractivity contribution < 1.29 is 0 Å². The Kier molecular flexibility index (Phi) is 3.38. The molecule has 2 heterocycles. The van der Waals surface area contributed by atoms with Crippen molar-refractivity contribution in [3.05, 3.63) is 53.9 Å². The van der Waals surface area contributed by atoms with E-state index in [0.717, 1.165) is 24.6 Å². The predicted molar refractivity (Wildman–Crippen MR) is 79.1 cm³/mol. The van der Waals surface area contributed by atoms with Crippen LogP contribution in [0, 0.1) is 0 Å². The number of rotatable bonds is 6. The average molecular weight is 295 g/mol. The molecule has 0 unspecified atom stereocenters. The minimum atomic E-state index is 0.508. The first-order valence-corrected chi connectivity index (χ1v) is 7.57. The van der Waals surface area contributed by atoms with Crippen LogP contribution in [0.25, 0.3) is 0 Å². The van der Waals surface area contributed by atoms with Crippen LogP contribution < -0.4 is 0 Å². The summed E-state index contributed by atoms with van der Waals surface area (Å²) in [6, 6.07) is 10.4. The number of tetrazole rings is 1. The average Bonchev–Trinajstić information content (AvgIpc) is 3.13. The Bertz CT molecular complexity index is 729. The summed E-state index contributed by atoms with van der Waals surface area (Å²) in [4.78, 5) is 6.22. The van der Waals surface area contributed by atoms with Gasteiger partial charge in [-0.3, -0.25) is 0 Å². The molecule has 0 amide bonds. The summed E-state index contributed by atoms with van der Waals surface area (Å²) >= 11 is 0. The molecule has 1 fully saturated rings. The van der Waals surface area contributed by atoms with Gasteiger partial charge in [-0.15, -0.1) is 10.2 Å². The van der Waals surface area contributed by atoms with Crippen LogP contribution in [0.5, 0.6) is 0 Å². The fourth-order valence-electron chi connectivity index (χ4n) is 2.47. The maximum atomic E-state index is 4.68. The lowest BCUT2D eigenvalue weighted by atomic mass is 10.1. The van der Waals surface area contributed by atoms with Gasteiger partial charge in [0.1, 0.15) is 6.54 Å². The van der Waals surface area contributed by atoms with Crippen molar-refractivity contribution in [1.82, 2.24) is 35.0 Å². The molecule has 0 bridgehead atoms. The van der Waals surface area contributed by atoms with Crippen LogP contribution in [-0.4, -0.2) is 35.0 Å². The fourth-order valence-corrected chi connectivity index (χ4v) is 2.47. The van der Waals surface area contributed by atoms with Gasteiger partial charge in [-0.25, -0.2) is 9.67 Å². The minimum Gasteiger partial charge on any atom is -0.248 e. The van der Waals surface area contributed by atoms with Crippen LogP contribution in [0.15, 0.2) is 36.7 Å². The first kappa shape index (κ1) is 13.1. The van der Waals surface area contributed by atoms with Gasteiger partial charge in [-0.1, -0.05) is 30.3 Å². The Morgan fingerprint density at radius 2 is 2.00 bits per heavy atom. The molecular weight excluding hydrogens is 278 g/mol. The Hall–Kier alpha value is -2.57. The number of hydrogen-bond acceptors (Lipinski definition) is 5. The van der Waals surface area contributed by atoms with E-state index in [0.29, 0.717) is 12.5 Å². The van der Waals surface area contributed by atoms with E-state index in [1.807, 2.05) is 10.7 Å². The van der Waals surface area contributed by atoms with Crippen LogP contribution in [-0.2, 0) is 19.5 Å². The maximum Gasteiger partial charge on any atom is 0.162 e. The molecule has 0 N–H and O–H groups in total. The number of nitrogens with zero attached hydrogens (tertiary/aromatic N) is 7. The van der Waals surface area contributed by atoms with Crippen LogP contribution in [0.1, 0.15) is 36.0 Å².